The van der Waals surface area contributed by atoms with Crippen molar-refractivity contribution < 1.29 is 21.6 Å². The minimum absolute atomic E-state index is 0.118. The lowest BCUT2D eigenvalue weighted by Crippen LogP contribution is -2.24. The Kier molecular flexibility index (Phi) is 7.06. The molecule has 4 nitrogen and oxygen atoms in total. The van der Waals surface area contributed by atoms with Gasteiger partial charge in [-0.25, -0.2) is 8.42 Å². The molecular formula is C20H19F3N2O2S. The van der Waals surface area contributed by atoms with E-state index in [1.807, 2.05) is 54.6 Å². The Morgan fingerprint density at radius 1 is 0.714 bits per heavy atom. The quantitative estimate of drug-likeness (QED) is 0.587. The Hall–Kier alpha value is -3.00. The fourth-order valence-corrected chi connectivity index (χ4v) is 2.07. The van der Waals surface area contributed by atoms with Crippen molar-refractivity contribution in [3.8, 4) is 0 Å². The normalized spacial score (nSPS) is 11.1. The van der Waals surface area contributed by atoms with Gasteiger partial charge in [0.15, 0.2) is 0 Å². The van der Waals surface area contributed by atoms with Crippen LogP contribution in [0.3, 0.4) is 0 Å². The molecule has 0 spiro atoms. The maximum Gasteiger partial charge on any atom is 0.497 e. The predicted molar refractivity (Wildman–Crippen MR) is 106 cm³/mol. The van der Waals surface area contributed by atoms with E-state index >= 15 is 0 Å². The van der Waals surface area contributed by atoms with Crippen molar-refractivity contribution >= 4 is 26.9 Å². The van der Waals surface area contributed by atoms with Crippen molar-refractivity contribution in [1.29, 1.82) is 0 Å². The van der Waals surface area contributed by atoms with Crippen LogP contribution in [0, 0.1) is 0 Å². The van der Waals surface area contributed by atoms with Crippen LogP contribution in [0.15, 0.2) is 91.0 Å². The first kappa shape index (κ1) is 21.3. The summed E-state index contributed by atoms with van der Waals surface area (Å²) in [5.74, 6) is 0. The zero-order chi connectivity index (χ0) is 20.6. The molecular weight excluding hydrogens is 389 g/mol. The number of para-hydroxylation sites is 3. The van der Waals surface area contributed by atoms with Gasteiger partial charge in [0, 0.05) is 6.26 Å². The zero-order valence-corrected chi connectivity index (χ0v) is 15.8. The first-order chi connectivity index (χ1) is 13.2. The smallest absolute Gasteiger partial charge is 0.294 e. The van der Waals surface area contributed by atoms with Crippen LogP contribution < -0.4 is 10.4 Å². The molecule has 8 heteroatoms. The number of nitrogens with one attached hydrogen (secondary N) is 1. The van der Waals surface area contributed by atoms with Crippen molar-refractivity contribution in [2.24, 2.45) is 0 Å². The Morgan fingerprint density at radius 2 is 1.04 bits per heavy atom. The molecule has 0 radical (unpaired) electrons. The molecule has 0 amide bonds. The van der Waals surface area contributed by atoms with E-state index in [0.29, 0.717) is 0 Å². The maximum absolute atomic E-state index is 11.0. The summed E-state index contributed by atoms with van der Waals surface area (Å²) in [5.41, 5.74) is 1.61. The van der Waals surface area contributed by atoms with Gasteiger partial charge in [0.2, 0.25) is 9.84 Å². The summed E-state index contributed by atoms with van der Waals surface area (Å²) in [6.07, 6.45) is 0.118. The topological polar surface area (TPSA) is 49.4 Å². The summed E-state index contributed by atoms with van der Waals surface area (Å²) in [4.78, 5) is 0. The Balaban J connectivity index is 0.000000300. The second-order valence-corrected chi connectivity index (χ2v) is 7.71. The number of hydrogen-bond donors (Lipinski definition) is 1. The number of halogens is 3. The third-order valence-electron chi connectivity index (χ3n) is 3.46. The van der Waals surface area contributed by atoms with E-state index in [2.05, 4.69) is 46.8 Å². The standard InChI is InChI=1S/C18H16N2.C2H3F3O2S/c1-4-10-16(11-5-1)19-20(17-12-6-2-7-13-17)18-14-8-3-9-15-18;1-8(6,7)2(3,4)5/h1-15,19H;1H3. The van der Waals surface area contributed by atoms with Gasteiger partial charge in [-0.2, -0.15) is 13.2 Å². The molecule has 0 fully saturated rings. The first-order valence-corrected chi connectivity index (χ1v) is 10.1. The molecule has 0 heterocycles. The lowest BCUT2D eigenvalue weighted by atomic mass is 10.2. The molecule has 0 aliphatic heterocycles. The minimum atomic E-state index is -5.09. The third kappa shape index (κ3) is 6.31. The number of anilines is 3. The van der Waals surface area contributed by atoms with Crippen LogP contribution in [0.2, 0.25) is 0 Å². The molecule has 1 N–H and O–H groups in total. The van der Waals surface area contributed by atoms with Gasteiger partial charge in [-0.05, 0) is 36.4 Å². The number of hydrazine groups is 1. The van der Waals surface area contributed by atoms with Gasteiger partial charge in [-0.3, -0.25) is 10.4 Å². The summed E-state index contributed by atoms with van der Waals surface area (Å²) >= 11 is 0. The van der Waals surface area contributed by atoms with E-state index in [-0.39, 0.29) is 6.26 Å². The van der Waals surface area contributed by atoms with Gasteiger partial charge in [0.05, 0.1) is 17.1 Å². The van der Waals surface area contributed by atoms with Crippen LogP contribution in [0.5, 0.6) is 0 Å². The number of rotatable bonds is 4. The number of benzene rings is 3. The summed E-state index contributed by atoms with van der Waals surface area (Å²) in [7, 11) is -4.84. The molecule has 0 bridgehead atoms. The molecule has 148 valence electrons. The van der Waals surface area contributed by atoms with Gasteiger partial charge in [0.25, 0.3) is 0 Å². The van der Waals surface area contributed by atoms with Crippen LogP contribution in [0.1, 0.15) is 0 Å². The number of hydrogen-bond acceptors (Lipinski definition) is 4. The van der Waals surface area contributed by atoms with Crippen LogP contribution in [0.25, 0.3) is 0 Å². The van der Waals surface area contributed by atoms with Crippen LogP contribution in [0.4, 0.5) is 30.2 Å². The molecule has 0 aliphatic rings. The molecule has 0 atom stereocenters. The van der Waals surface area contributed by atoms with Crippen LogP contribution in [-0.4, -0.2) is 20.2 Å². The van der Waals surface area contributed by atoms with Gasteiger partial charge < -0.3 is 0 Å². The molecule has 3 aromatic carbocycles. The summed E-state index contributed by atoms with van der Waals surface area (Å²) in [6, 6.07) is 30.7. The lowest BCUT2D eigenvalue weighted by Gasteiger charge is -2.26. The molecule has 0 unspecified atom stereocenters. The van der Waals surface area contributed by atoms with Gasteiger partial charge in [-0.1, -0.05) is 54.6 Å². The largest absolute Gasteiger partial charge is 0.497 e. The van der Waals surface area contributed by atoms with E-state index in [1.54, 1.807) is 0 Å². The molecule has 0 saturated heterocycles. The van der Waals surface area contributed by atoms with Gasteiger partial charge >= 0.3 is 5.51 Å². The van der Waals surface area contributed by atoms with E-state index in [4.69, 9.17) is 0 Å². The fraction of sp³-hybridized carbons (Fsp3) is 0.100. The number of alkyl halides is 3. The second-order valence-electron chi connectivity index (χ2n) is 5.70. The molecule has 0 aromatic heterocycles. The zero-order valence-electron chi connectivity index (χ0n) is 15.0. The van der Waals surface area contributed by atoms with E-state index < -0.39 is 15.3 Å². The third-order valence-corrected chi connectivity index (χ3v) is 4.30. The summed E-state index contributed by atoms with van der Waals surface area (Å²) < 4.78 is 52.0. The van der Waals surface area contributed by atoms with Crippen LogP contribution in [-0.2, 0) is 9.84 Å². The van der Waals surface area contributed by atoms with Crippen molar-refractivity contribution in [1.82, 2.24) is 0 Å². The minimum Gasteiger partial charge on any atom is -0.294 e. The van der Waals surface area contributed by atoms with Gasteiger partial charge in [-0.15, -0.1) is 0 Å². The number of sulfone groups is 1. The molecule has 28 heavy (non-hydrogen) atoms. The van der Waals surface area contributed by atoms with Gasteiger partial charge in [0.1, 0.15) is 0 Å². The SMILES string of the molecule is CS(=O)(=O)C(F)(F)F.c1ccc(NN(c2ccccc2)c2ccccc2)cc1. The first-order valence-electron chi connectivity index (χ1n) is 8.17. The van der Waals surface area contributed by atoms with Crippen molar-refractivity contribution in [3.05, 3.63) is 91.0 Å². The predicted octanol–water partition coefficient (Wildman–Crippen LogP) is 5.40. The maximum atomic E-state index is 11.0. The van der Waals surface area contributed by atoms with E-state index in [1.165, 1.54) is 0 Å². The number of nitrogens with zero attached hydrogens (tertiary/aromatic N) is 1. The van der Waals surface area contributed by atoms with Crippen molar-refractivity contribution in [3.63, 3.8) is 0 Å². The average molecular weight is 408 g/mol. The highest BCUT2D eigenvalue weighted by Crippen LogP contribution is 2.25. The molecule has 3 aromatic rings. The second kappa shape index (κ2) is 9.27. The Labute approximate surface area is 162 Å². The molecule has 3 rings (SSSR count). The highest BCUT2D eigenvalue weighted by Gasteiger charge is 2.41. The van der Waals surface area contributed by atoms with Crippen molar-refractivity contribution in [2.75, 3.05) is 16.7 Å². The van der Waals surface area contributed by atoms with Crippen LogP contribution >= 0.6 is 0 Å². The Morgan fingerprint density at radius 3 is 1.36 bits per heavy atom. The molecule has 0 saturated carbocycles. The molecule has 0 aliphatic carbocycles. The van der Waals surface area contributed by atoms with E-state index in [9.17, 15) is 21.6 Å². The van der Waals surface area contributed by atoms with E-state index in [0.717, 1.165) is 17.1 Å². The average Bonchev–Trinajstić information content (AvgIpc) is 2.67. The Bertz CT molecular complexity index is 910. The highest BCUT2D eigenvalue weighted by molar-refractivity contribution is 7.91. The van der Waals surface area contributed by atoms with Crippen molar-refractivity contribution in [2.45, 2.75) is 5.51 Å². The fourth-order valence-electron chi connectivity index (χ4n) is 2.07. The highest BCUT2D eigenvalue weighted by atomic mass is 32.2. The monoisotopic (exact) mass is 408 g/mol. The summed E-state index contributed by atoms with van der Waals surface area (Å²) in [5, 5.41) is 2.08. The summed E-state index contributed by atoms with van der Waals surface area (Å²) in [6.45, 7) is 0. The lowest BCUT2D eigenvalue weighted by molar-refractivity contribution is -0.0429.